The Bertz CT molecular complexity index is 1250. The predicted octanol–water partition coefficient (Wildman–Crippen LogP) is 6.01. The van der Waals surface area contributed by atoms with E-state index in [1.807, 2.05) is 0 Å². The van der Waals surface area contributed by atoms with E-state index in [0.29, 0.717) is 42.0 Å². The van der Waals surface area contributed by atoms with Gasteiger partial charge in [0.05, 0.1) is 33.4 Å². The van der Waals surface area contributed by atoms with E-state index in [1.54, 1.807) is 66.9 Å². The predicted molar refractivity (Wildman–Crippen MR) is 134 cm³/mol. The molecule has 2 heterocycles. The third kappa shape index (κ3) is 5.78. The minimum atomic E-state index is -0.372. The molecule has 1 fully saturated rings. The number of nitrogens with one attached hydrogen (secondary N) is 1. The maximum Gasteiger partial charge on any atom is 0.266 e. The summed E-state index contributed by atoms with van der Waals surface area (Å²) < 4.78 is 11.3. The molecule has 1 aliphatic rings. The highest BCUT2D eigenvalue weighted by Gasteiger charge is 2.32. The Balaban J connectivity index is 1.38. The van der Waals surface area contributed by atoms with Gasteiger partial charge in [-0.15, -0.1) is 0 Å². The number of ether oxygens (including phenoxy) is 1. The molecule has 10 heteroatoms. The van der Waals surface area contributed by atoms with Gasteiger partial charge in [0.1, 0.15) is 15.8 Å². The fourth-order valence-corrected chi connectivity index (χ4v) is 4.64. The molecular weight excluding hydrogens is 503 g/mol. The van der Waals surface area contributed by atoms with Crippen LogP contribution in [-0.2, 0) is 16.1 Å². The number of amides is 2. The fraction of sp³-hybridized carbons (Fsp3) is 0.0870. The van der Waals surface area contributed by atoms with Crippen LogP contribution in [0, 0.1) is 0 Å². The summed E-state index contributed by atoms with van der Waals surface area (Å²) in [5, 5.41) is 3.42. The number of carbonyl (C=O) groups excluding carboxylic acids is 2. The summed E-state index contributed by atoms with van der Waals surface area (Å²) in [5.41, 5.74) is 1.20. The number of thiocarbonyl (C=S) groups is 1. The lowest BCUT2D eigenvalue weighted by atomic mass is 10.2. The molecule has 6 nitrogen and oxygen atoms in total. The van der Waals surface area contributed by atoms with Gasteiger partial charge in [0, 0.05) is 0 Å². The van der Waals surface area contributed by atoms with Crippen molar-refractivity contribution in [2.24, 2.45) is 0 Å². The molecule has 0 bridgehead atoms. The van der Waals surface area contributed by atoms with Gasteiger partial charge in [-0.3, -0.25) is 14.5 Å². The number of anilines is 1. The fourth-order valence-electron chi connectivity index (χ4n) is 2.96. The number of benzene rings is 2. The zero-order valence-corrected chi connectivity index (χ0v) is 20.1. The van der Waals surface area contributed by atoms with Gasteiger partial charge in [-0.2, -0.15) is 0 Å². The van der Waals surface area contributed by atoms with E-state index in [-0.39, 0.29) is 25.0 Å². The average molecular weight is 519 g/mol. The van der Waals surface area contributed by atoms with Gasteiger partial charge in [0.2, 0.25) is 0 Å². The van der Waals surface area contributed by atoms with Crippen LogP contribution in [0.4, 0.5) is 5.69 Å². The monoisotopic (exact) mass is 518 g/mol. The van der Waals surface area contributed by atoms with Crippen molar-refractivity contribution < 1.29 is 18.7 Å². The van der Waals surface area contributed by atoms with Gasteiger partial charge in [-0.1, -0.05) is 65.4 Å². The molecule has 4 rings (SSSR count). The van der Waals surface area contributed by atoms with Crippen molar-refractivity contribution in [3.8, 4) is 5.75 Å². The Morgan fingerprint density at radius 2 is 1.97 bits per heavy atom. The molecule has 0 atom stereocenters. The first kappa shape index (κ1) is 23.4. The van der Waals surface area contributed by atoms with Crippen LogP contribution in [0.25, 0.3) is 6.08 Å². The summed E-state index contributed by atoms with van der Waals surface area (Å²) in [6, 6.07) is 15.5. The van der Waals surface area contributed by atoms with Crippen LogP contribution in [0.2, 0.25) is 10.0 Å². The molecule has 2 aromatic carbocycles. The Labute approximate surface area is 209 Å². The van der Waals surface area contributed by atoms with E-state index >= 15 is 0 Å². The van der Waals surface area contributed by atoms with E-state index < -0.39 is 0 Å². The number of hydrogen-bond acceptors (Lipinski definition) is 6. The summed E-state index contributed by atoms with van der Waals surface area (Å²) in [5.74, 6) is 0.418. The van der Waals surface area contributed by atoms with Gasteiger partial charge >= 0.3 is 0 Å². The Hall–Kier alpha value is -2.78. The third-order valence-electron chi connectivity index (χ3n) is 4.53. The van der Waals surface area contributed by atoms with E-state index in [0.717, 1.165) is 0 Å². The maximum atomic E-state index is 12.7. The quantitative estimate of drug-likeness (QED) is 0.305. The molecule has 3 aromatic rings. The van der Waals surface area contributed by atoms with E-state index in [2.05, 4.69) is 5.32 Å². The van der Waals surface area contributed by atoms with Crippen molar-refractivity contribution in [2.75, 3.05) is 11.9 Å². The number of hydrogen-bond donors (Lipinski definition) is 1. The van der Waals surface area contributed by atoms with Crippen molar-refractivity contribution in [2.45, 2.75) is 6.54 Å². The number of halogens is 2. The molecule has 1 aliphatic heterocycles. The first-order valence-electron chi connectivity index (χ1n) is 9.65. The molecular formula is C23H16Cl2N2O4S2. The third-order valence-corrected chi connectivity index (χ3v) is 6.53. The van der Waals surface area contributed by atoms with Crippen molar-refractivity contribution in [1.82, 2.24) is 4.90 Å². The molecule has 0 saturated carbocycles. The minimum absolute atomic E-state index is 0.200. The number of para-hydroxylation sites is 1. The molecule has 0 spiro atoms. The van der Waals surface area contributed by atoms with Crippen LogP contribution in [0.15, 0.2) is 70.2 Å². The Morgan fingerprint density at radius 1 is 1.15 bits per heavy atom. The van der Waals surface area contributed by atoms with Crippen molar-refractivity contribution in [3.05, 3.63) is 87.1 Å². The Kier molecular flexibility index (Phi) is 7.39. The molecule has 2 amide bonds. The first-order chi connectivity index (χ1) is 15.9. The normalized spacial score (nSPS) is 14.7. The van der Waals surface area contributed by atoms with Gasteiger partial charge in [0.25, 0.3) is 11.8 Å². The topological polar surface area (TPSA) is 71.8 Å². The number of thioether (sulfide) groups is 1. The zero-order valence-electron chi connectivity index (χ0n) is 16.9. The number of carbonyl (C=O) groups is 2. The second kappa shape index (κ2) is 10.4. The highest BCUT2D eigenvalue weighted by atomic mass is 35.5. The van der Waals surface area contributed by atoms with E-state index in [4.69, 9.17) is 44.6 Å². The van der Waals surface area contributed by atoms with Gasteiger partial charge in [0.15, 0.2) is 6.61 Å². The van der Waals surface area contributed by atoms with E-state index in [9.17, 15) is 9.59 Å². The second-order valence-corrected chi connectivity index (χ2v) is 9.34. The summed E-state index contributed by atoms with van der Waals surface area (Å²) in [4.78, 5) is 26.9. The lowest BCUT2D eigenvalue weighted by molar-refractivity contribution is -0.122. The summed E-state index contributed by atoms with van der Waals surface area (Å²) >= 11 is 18.9. The molecule has 1 saturated heterocycles. The summed E-state index contributed by atoms with van der Waals surface area (Å²) in [6.45, 7) is 0.0362. The van der Waals surface area contributed by atoms with Crippen molar-refractivity contribution in [1.29, 1.82) is 0 Å². The van der Waals surface area contributed by atoms with Crippen LogP contribution in [-0.4, -0.2) is 27.6 Å². The van der Waals surface area contributed by atoms with Crippen LogP contribution in [0.1, 0.15) is 11.3 Å². The number of rotatable bonds is 7. The van der Waals surface area contributed by atoms with Crippen LogP contribution < -0.4 is 10.1 Å². The summed E-state index contributed by atoms with van der Waals surface area (Å²) in [6.07, 6.45) is 3.26. The van der Waals surface area contributed by atoms with Crippen molar-refractivity contribution in [3.63, 3.8) is 0 Å². The molecule has 168 valence electrons. The molecule has 1 N–H and O–H groups in total. The summed E-state index contributed by atoms with van der Waals surface area (Å²) in [7, 11) is 0. The van der Waals surface area contributed by atoms with Crippen LogP contribution in [0.3, 0.4) is 0 Å². The highest BCUT2D eigenvalue weighted by molar-refractivity contribution is 8.26. The average Bonchev–Trinajstić information content (AvgIpc) is 3.39. The molecule has 0 aliphatic carbocycles. The molecule has 1 aromatic heterocycles. The maximum absolute atomic E-state index is 12.7. The smallest absolute Gasteiger partial charge is 0.266 e. The largest absolute Gasteiger partial charge is 0.482 e. The molecule has 0 unspecified atom stereocenters. The highest BCUT2D eigenvalue weighted by Crippen LogP contribution is 2.35. The zero-order chi connectivity index (χ0) is 23.4. The van der Waals surface area contributed by atoms with Crippen LogP contribution in [0.5, 0.6) is 5.75 Å². The number of furan rings is 1. The minimum Gasteiger partial charge on any atom is -0.482 e. The lowest BCUT2D eigenvalue weighted by Crippen LogP contribution is -2.27. The van der Waals surface area contributed by atoms with Gasteiger partial charge < -0.3 is 14.5 Å². The molecule has 33 heavy (non-hydrogen) atoms. The second-order valence-electron chi connectivity index (χ2n) is 6.85. The SMILES string of the molecule is O=C(COc1ccc(/C=C2\SC(=S)N(Cc3ccco3)C2=O)cc1Cl)Nc1ccccc1Cl. The van der Waals surface area contributed by atoms with Crippen LogP contribution >= 0.6 is 47.2 Å². The standard InChI is InChI=1S/C23H16Cl2N2O4S2/c24-16-5-1-2-6-18(16)26-21(28)13-31-19-8-7-14(10-17(19)25)11-20-22(29)27(23(32)33-20)12-15-4-3-9-30-15/h1-11H,12-13H2,(H,26,28)/b20-11-. The van der Waals surface area contributed by atoms with E-state index in [1.165, 1.54) is 16.7 Å². The van der Waals surface area contributed by atoms with Gasteiger partial charge in [-0.25, -0.2) is 0 Å². The lowest BCUT2D eigenvalue weighted by Gasteiger charge is -2.12. The molecule has 0 radical (unpaired) electrons. The van der Waals surface area contributed by atoms with Crippen molar-refractivity contribution >= 4 is 75.1 Å². The first-order valence-corrected chi connectivity index (χ1v) is 11.6. The Morgan fingerprint density at radius 3 is 2.70 bits per heavy atom. The number of nitrogens with zero attached hydrogens (tertiary/aromatic N) is 1. The van der Waals surface area contributed by atoms with Gasteiger partial charge in [-0.05, 0) is 48.0 Å².